The molecule has 31 heavy (non-hydrogen) atoms. The third kappa shape index (κ3) is 3.41. The molecule has 1 amide bonds. The van der Waals surface area contributed by atoms with Crippen LogP contribution in [0.4, 0.5) is 0 Å². The van der Waals surface area contributed by atoms with E-state index in [1.54, 1.807) is 6.07 Å². The fraction of sp³-hybridized carbons (Fsp3) is 0.519. The minimum Gasteiger partial charge on any atom is -0.392 e. The Balaban J connectivity index is 1.39. The summed E-state index contributed by atoms with van der Waals surface area (Å²) in [6.07, 6.45) is 6.15. The van der Waals surface area contributed by atoms with E-state index in [2.05, 4.69) is 31.2 Å². The maximum Gasteiger partial charge on any atom is 0.248 e. The Labute approximate surface area is 185 Å². The Morgan fingerprint density at radius 2 is 2.00 bits per heavy atom. The zero-order valence-corrected chi connectivity index (χ0v) is 18.4. The Kier molecular flexibility index (Phi) is 5.18. The first-order valence-corrected chi connectivity index (χ1v) is 11.8. The fourth-order valence-electron chi connectivity index (χ4n) is 7.26. The fourth-order valence-corrected chi connectivity index (χ4v) is 7.26. The lowest BCUT2D eigenvalue weighted by Gasteiger charge is -2.50. The number of amides is 1. The van der Waals surface area contributed by atoms with E-state index < -0.39 is 5.91 Å². The van der Waals surface area contributed by atoms with Crippen molar-refractivity contribution < 1.29 is 9.90 Å². The summed E-state index contributed by atoms with van der Waals surface area (Å²) >= 11 is 0. The highest BCUT2D eigenvalue weighted by Crippen LogP contribution is 2.62. The molecule has 3 aliphatic rings. The summed E-state index contributed by atoms with van der Waals surface area (Å²) in [4.78, 5) is 11.6. The third-order valence-electron chi connectivity index (χ3n) is 8.85. The molecule has 4 nitrogen and oxygen atoms in total. The second kappa shape index (κ2) is 7.75. The maximum atomic E-state index is 11.6. The number of aliphatic hydroxyl groups excluding tert-OH is 1. The highest BCUT2D eigenvalue weighted by molar-refractivity contribution is 5.92. The van der Waals surface area contributed by atoms with Gasteiger partial charge >= 0.3 is 0 Å². The molecule has 0 bridgehead atoms. The predicted octanol–water partition coefficient (Wildman–Crippen LogP) is 3.93. The van der Waals surface area contributed by atoms with Gasteiger partial charge in [-0.1, -0.05) is 37.3 Å². The van der Waals surface area contributed by atoms with Crippen molar-refractivity contribution in [3.8, 4) is 0 Å². The summed E-state index contributed by atoms with van der Waals surface area (Å²) in [5.41, 5.74) is 17.2. The van der Waals surface area contributed by atoms with Crippen LogP contribution < -0.4 is 11.5 Å². The number of carbonyl (C=O) groups is 1. The van der Waals surface area contributed by atoms with Crippen molar-refractivity contribution in [2.24, 2.45) is 34.6 Å². The Morgan fingerprint density at radius 3 is 2.77 bits per heavy atom. The Hall–Kier alpha value is -2.17. The topological polar surface area (TPSA) is 89.3 Å². The van der Waals surface area contributed by atoms with E-state index >= 15 is 0 Å². The van der Waals surface area contributed by atoms with Gasteiger partial charge in [-0.05, 0) is 102 Å². The van der Waals surface area contributed by atoms with E-state index in [0.717, 1.165) is 37.7 Å². The van der Waals surface area contributed by atoms with Gasteiger partial charge in [-0.25, -0.2) is 0 Å². The predicted molar refractivity (Wildman–Crippen MR) is 122 cm³/mol. The number of hydrogen-bond acceptors (Lipinski definition) is 3. The van der Waals surface area contributed by atoms with Crippen LogP contribution in [0, 0.1) is 23.2 Å². The van der Waals surface area contributed by atoms with E-state index in [1.165, 1.54) is 23.1 Å². The number of fused-ring (bicyclic) bond motifs is 5. The van der Waals surface area contributed by atoms with Gasteiger partial charge in [0.25, 0.3) is 0 Å². The van der Waals surface area contributed by atoms with Crippen molar-refractivity contribution in [2.75, 3.05) is 0 Å². The van der Waals surface area contributed by atoms with Crippen molar-refractivity contribution in [3.05, 3.63) is 70.3 Å². The van der Waals surface area contributed by atoms with Crippen LogP contribution in [0.3, 0.4) is 0 Å². The quantitative estimate of drug-likeness (QED) is 0.703. The van der Waals surface area contributed by atoms with Crippen LogP contribution in [0.1, 0.15) is 71.1 Å². The molecule has 2 fully saturated rings. The van der Waals surface area contributed by atoms with E-state index in [4.69, 9.17) is 11.5 Å². The van der Waals surface area contributed by atoms with Gasteiger partial charge in [0.15, 0.2) is 0 Å². The molecule has 2 aromatic carbocycles. The van der Waals surface area contributed by atoms with E-state index in [-0.39, 0.29) is 17.4 Å². The lowest BCUT2D eigenvalue weighted by molar-refractivity contribution is -0.0325. The molecule has 0 saturated heterocycles. The molecule has 3 aliphatic carbocycles. The second-order valence-corrected chi connectivity index (χ2v) is 10.4. The number of primary amides is 1. The van der Waals surface area contributed by atoms with E-state index in [0.29, 0.717) is 29.9 Å². The molecular formula is C27H34N2O2. The highest BCUT2D eigenvalue weighted by atomic mass is 16.3. The molecule has 0 radical (unpaired) electrons. The average molecular weight is 419 g/mol. The van der Waals surface area contributed by atoms with Crippen LogP contribution in [-0.2, 0) is 19.4 Å². The van der Waals surface area contributed by atoms with E-state index in [1.807, 2.05) is 12.1 Å². The Morgan fingerprint density at radius 1 is 1.16 bits per heavy atom. The van der Waals surface area contributed by atoms with Gasteiger partial charge in [0.05, 0.1) is 6.10 Å². The van der Waals surface area contributed by atoms with Gasteiger partial charge in [0, 0.05) is 12.1 Å². The molecular weight excluding hydrogens is 384 g/mol. The monoisotopic (exact) mass is 418 g/mol. The van der Waals surface area contributed by atoms with Crippen molar-refractivity contribution >= 4 is 5.91 Å². The highest BCUT2D eigenvalue weighted by Gasteiger charge is 2.57. The molecule has 5 rings (SSSR count). The van der Waals surface area contributed by atoms with E-state index in [9.17, 15) is 9.90 Å². The smallest absolute Gasteiger partial charge is 0.248 e. The van der Waals surface area contributed by atoms with Gasteiger partial charge in [0.1, 0.15) is 0 Å². The molecule has 6 atom stereocenters. The van der Waals surface area contributed by atoms with Gasteiger partial charge in [-0.15, -0.1) is 0 Å². The summed E-state index contributed by atoms with van der Waals surface area (Å²) in [5.74, 6) is 1.64. The van der Waals surface area contributed by atoms with Crippen LogP contribution in [-0.4, -0.2) is 17.1 Å². The molecule has 4 heteroatoms. The van der Waals surface area contributed by atoms with Gasteiger partial charge < -0.3 is 16.6 Å². The molecule has 0 spiro atoms. The number of hydrogen-bond donors (Lipinski definition) is 3. The van der Waals surface area contributed by atoms with Gasteiger partial charge in [-0.2, -0.15) is 0 Å². The van der Waals surface area contributed by atoms with Crippen molar-refractivity contribution in [1.82, 2.24) is 0 Å². The molecule has 0 aromatic heterocycles. The number of benzene rings is 2. The van der Waals surface area contributed by atoms with Gasteiger partial charge in [-0.3, -0.25) is 4.79 Å². The third-order valence-corrected chi connectivity index (χ3v) is 8.85. The first-order valence-electron chi connectivity index (χ1n) is 11.8. The zero-order chi connectivity index (χ0) is 21.8. The number of aryl methyl sites for hydroxylation is 1. The summed E-state index contributed by atoms with van der Waals surface area (Å²) in [6, 6.07) is 14.5. The minimum atomic E-state index is -0.393. The number of nitrogens with two attached hydrogens (primary N) is 2. The first kappa shape index (κ1) is 20.7. The van der Waals surface area contributed by atoms with Crippen LogP contribution in [0.2, 0.25) is 0 Å². The average Bonchev–Trinajstić information content (AvgIpc) is 3.03. The summed E-state index contributed by atoms with van der Waals surface area (Å²) in [5, 5.41) is 11.4. The van der Waals surface area contributed by atoms with Crippen molar-refractivity contribution in [3.63, 3.8) is 0 Å². The van der Waals surface area contributed by atoms with Crippen LogP contribution in [0.5, 0.6) is 0 Å². The van der Waals surface area contributed by atoms with Crippen molar-refractivity contribution in [1.29, 1.82) is 0 Å². The summed E-state index contributed by atoms with van der Waals surface area (Å²) in [6.45, 7) is 2.93. The van der Waals surface area contributed by atoms with Gasteiger partial charge in [0.2, 0.25) is 5.91 Å². The number of carbonyl (C=O) groups excluding carboxylic acids is 1. The van der Waals surface area contributed by atoms with Crippen LogP contribution >= 0.6 is 0 Å². The molecule has 2 saturated carbocycles. The number of aliphatic hydroxyl groups is 1. The Bertz CT molecular complexity index is 1000. The maximum absolute atomic E-state index is 11.6. The largest absolute Gasteiger partial charge is 0.392 e. The number of rotatable bonds is 4. The molecule has 2 aromatic rings. The van der Waals surface area contributed by atoms with Crippen molar-refractivity contribution in [2.45, 2.75) is 64.0 Å². The summed E-state index contributed by atoms with van der Waals surface area (Å²) < 4.78 is 0. The first-order chi connectivity index (χ1) is 14.9. The molecule has 164 valence electrons. The molecule has 0 aliphatic heterocycles. The normalized spacial score (nSPS) is 34.0. The summed E-state index contributed by atoms with van der Waals surface area (Å²) in [7, 11) is 0. The molecule has 1 unspecified atom stereocenters. The second-order valence-electron chi connectivity index (χ2n) is 10.4. The van der Waals surface area contributed by atoms with Crippen LogP contribution in [0.25, 0.3) is 0 Å². The van der Waals surface area contributed by atoms with Crippen LogP contribution in [0.15, 0.2) is 42.5 Å². The minimum absolute atomic E-state index is 0.0121. The zero-order valence-electron chi connectivity index (χ0n) is 18.4. The lowest BCUT2D eigenvalue weighted by atomic mass is 9.55. The standard InChI is InChI=1S/C27H34N2O2/c1-27-10-9-22-21-7-5-17(15-28)13-18(21)6-8-23(22)24(27)14-20(25(27)30)12-16-3-2-4-19(11-16)26(29)31/h2-5,7,11,13,20,22-25,30H,6,8-10,12,14-15,28H2,1H3,(H2,29,31)/t20?,22-,23-,24+,25+,27+/m1/s1. The SMILES string of the molecule is C[C@]12CC[C@@H]3c4ccc(CN)cc4CC[C@H]3[C@@H]1CC(Cc1cccc(C(N)=O)c1)[C@@H]2O. The molecule has 0 heterocycles. The lowest BCUT2D eigenvalue weighted by Crippen LogP contribution is -2.44. The molecule has 5 N–H and O–H groups in total.